The number of benzene rings is 1. The molecule has 5 atom stereocenters. The number of hydrogen-bond acceptors (Lipinski definition) is 6. The number of nitrogens with zero attached hydrogens (tertiary/aromatic N) is 2. The predicted octanol–water partition coefficient (Wildman–Crippen LogP) is 3.91. The first-order valence-electron chi connectivity index (χ1n) is 13.3. The van der Waals surface area contributed by atoms with Crippen molar-refractivity contribution in [2.45, 2.75) is 62.7 Å². The van der Waals surface area contributed by atoms with Gasteiger partial charge in [0.1, 0.15) is 24.2 Å². The van der Waals surface area contributed by atoms with Crippen LogP contribution in [0.1, 0.15) is 45.4 Å². The number of aliphatic hydroxyl groups excluding tert-OH is 1. The van der Waals surface area contributed by atoms with Gasteiger partial charge in [0.2, 0.25) is 5.91 Å². The zero-order chi connectivity index (χ0) is 27.5. The first kappa shape index (κ1) is 28.3. The lowest BCUT2D eigenvalue weighted by molar-refractivity contribution is -0.158. The summed E-state index contributed by atoms with van der Waals surface area (Å²) in [6, 6.07) is 6.14. The van der Waals surface area contributed by atoms with E-state index in [9.17, 15) is 14.4 Å². The Hall–Kier alpha value is -2.68. The van der Waals surface area contributed by atoms with Gasteiger partial charge in [0, 0.05) is 19.7 Å². The molecule has 3 aliphatic rings. The van der Waals surface area contributed by atoms with E-state index in [1.165, 1.54) is 6.08 Å². The Balaban J connectivity index is 1.74. The minimum Gasteiger partial charge on any atom is -0.461 e. The van der Waals surface area contributed by atoms with Gasteiger partial charge in [-0.1, -0.05) is 55.3 Å². The monoisotopic (exact) mass is 544 g/mol. The highest BCUT2D eigenvalue weighted by Crippen LogP contribution is 2.63. The molecule has 3 aliphatic heterocycles. The zero-order valence-corrected chi connectivity index (χ0v) is 22.7. The molecule has 1 N–H and O–H groups in total. The average Bonchev–Trinajstić information content (AvgIpc) is 3.46. The molecule has 0 saturated carbocycles. The zero-order valence-electron chi connectivity index (χ0n) is 21.9. The van der Waals surface area contributed by atoms with Gasteiger partial charge in [0.15, 0.2) is 0 Å². The van der Waals surface area contributed by atoms with E-state index in [1.54, 1.807) is 40.1 Å². The normalized spacial score (nSPS) is 29.3. The van der Waals surface area contributed by atoms with Crippen LogP contribution in [0.4, 0.5) is 5.69 Å². The van der Waals surface area contributed by atoms with E-state index in [1.807, 2.05) is 6.92 Å². The van der Waals surface area contributed by atoms with Crippen LogP contribution in [-0.4, -0.2) is 71.3 Å². The molecule has 1 aromatic rings. The molecule has 206 valence electrons. The van der Waals surface area contributed by atoms with Gasteiger partial charge in [0.05, 0.1) is 22.2 Å². The number of esters is 1. The van der Waals surface area contributed by atoms with Crippen molar-refractivity contribution in [3.63, 3.8) is 0 Å². The van der Waals surface area contributed by atoms with Crippen molar-refractivity contribution in [3.05, 3.63) is 54.6 Å². The molecule has 38 heavy (non-hydrogen) atoms. The van der Waals surface area contributed by atoms with Crippen molar-refractivity contribution in [2.24, 2.45) is 11.8 Å². The highest BCUT2D eigenvalue weighted by Gasteiger charge is 2.78. The lowest BCUT2D eigenvalue weighted by Crippen LogP contribution is -2.56. The first-order valence-corrected chi connectivity index (χ1v) is 13.7. The number of amides is 2. The number of para-hydroxylation sites is 1. The number of hydrogen-bond donors (Lipinski definition) is 1. The van der Waals surface area contributed by atoms with Crippen LogP contribution in [0, 0.1) is 11.8 Å². The Bertz CT molecular complexity index is 1090. The van der Waals surface area contributed by atoms with Crippen LogP contribution in [0.15, 0.2) is 49.6 Å². The average molecular weight is 545 g/mol. The fourth-order valence-corrected chi connectivity index (χ4v) is 6.77. The van der Waals surface area contributed by atoms with E-state index >= 15 is 0 Å². The van der Waals surface area contributed by atoms with Crippen LogP contribution in [-0.2, 0) is 23.9 Å². The molecule has 0 aliphatic carbocycles. The van der Waals surface area contributed by atoms with Crippen molar-refractivity contribution in [1.82, 2.24) is 4.90 Å². The largest absolute Gasteiger partial charge is 0.461 e. The van der Waals surface area contributed by atoms with Crippen molar-refractivity contribution < 1.29 is 29.0 Å². The summed E-state index contributed by atoms with van der Waals surface area (Å²) in [7, 11) is 0. The molecule has 4 rings (SSSR count). The molecule has 8 nitrogen and oxygen atoms in total. The topological polar surface area (TPSA) is 96.4 Å². The summed E-state index contributed by atoms with van der Waals surface area (Å²) in [6.07, 6.45) is 7.08. The second-order valence-corrected chi connectivity index (χ2v) is 10.9. The third-order valence-corrected chi connectivity index (χ3v) is 8.46. The highest BCUT2D eigenvalue weighted by atomic mass is 35.5. The second kappa shape index (κ2) is 11.6. The van der Waals surface area contributed by atoms with E-state index < -0.39 is 35.0 Å². The molecule has 2 unspecified atom stereocenters. The molecule has 9 heteroatoms. The second-order valence-electron chi connectivity index (χ2n) is 10.5. The number of rotatable bonds is 13. The van der Waals surface area contributed by atoms with Gasteiger partial charge in [-0.3, -0.25) is 14.4 Å². The third kappa shape index (κ3) is 4.78. The molecular weight excluding hydrogens is 508 g/mol. The SMILES string of the molecule is C=CCOC(=O)[C@H]1[C@H]2C(=O)N(CCCCCCO)C(C(=O)N(CC=C)c3ccccc3Cl)C23CC[C@]1(C)O3. The van der Waals surface area contributed by atoms with Gasteiger partial charge in [-0.25, -0.2) is 0 Å². The molecule has 3 saturated heterocycles. The number of aliphatic hydroxyl groups is 1. The number of likely N-dealkylation sites (tertiary alicyclic amines) is 1. The van der Waals surface area contributed by atoms with Gasteiger partial charge in [-0.2, -0.15) is 0 Å². The molecule has 3 heterocycles. The van der Waals surface area contributed by atoms with Crippen LogP contribution >= 0.6 is 11.6 Å². The number of fused-ring (bicyclic) bond motifs is 1. The number of anilines is 1. The van der Waals surface area contributed by atoms with Gasteiger partial charge in [-0.15, -0.1) is 6.58 Å². The maximum atomic E-state index is 14.4. The summed E-state index contributed by atoms with van der Waals surface area (Å²) in [5.74, 6) is -2.70. The van der Waals surface area contributed by atoms with Gasteiger partial charge in [0.25, 0.3) is 5.91 Å². The van der Waals surface area contributed by atoms with E-state index in [4.69, 9.17) is 26.2 Å². The molecular formula is C29H37ClN2O6. The Morgan fingerprint density at radius 2 is 1.95 bits per heavy atom. The molecule has 0 aromatic heterocycles. The Labute approximate surface area is 229 Å². The van der Waals surface area contributed by atoms with E-state index in [0.717, 1.165) is 12.8 Å². The Morgan fingerprint density at radius 3 is 2.63 bits per heavy atom. The van der Waals surface area contributed by atoms with Gasteiger partial charge >= 0.3 is 5.97 Å². The number of carbonyl (C=O) groups is 3. The maximum Gasteiger partial charge on any atom is 0.313 e. The smallest absolute Gasteiger partial charge is 0.313 e. The molecule has 1 aromatic carbocycles. The summed E-state index contributed by atoms with van der Waals surface area (Å²) in [6.45, 7) is 9.97. The summed E-state index contributed by atoms with van der Waals surface area (Å²) < 4.78 is 12.0. The van der Waals surface area contributed by atoms with Crippen molar-refractivity contribution in [3.8, 4) is 0 Å². The number of unbranched alkanes of at least 4 members (excludes halogenated alkanes) is 3. The van der Waals surface area contributed by atoms with Crippen LogP contribution < -0.4 is 4.90 Å². The van der Waals surface area contributed by atoms with Crippen molar-refractivity contribution in [1.29, 1.82) is 0 Å². The Kier molecular flexibility index (Phi) is 8.65. The van der Waals surface area contributed by atoms with Crippen LogP contribution in [0.5, 0.6) is 0 Å². The Morgan fingerprint density at radius 1 is 1.21 bits per heavy atom. The van der Waals surface area contributed by atoms with Gasteiger partial charge < -0.3 is 24.4 Å². The maximum absolute atomic E-state index is 14.4. The molecule has 1 spiro atoms. The minimum atomic E-state index is -1.15. The predicted molar refractivity (Wildman–Crippen MR) is 145 cm³/mol. The molecule has 2 bridgehead atoms. The van der Waals surface area contributed by atoms with Gasteiger partial charge in [-0.05, 0) is 44.7 Å². The summed E-state index contributed by atoms with van der Waals surface area (Å²) in [5, 5.41) is 9.53. The lowest BCUT2D eigenvalue weighted by Gasteiger charge is -2.37. The lowest BCUT2D eigenvalue weighted by atomic mass is 9.66. The van der Waals surface area contributed by atoms with E-state index in [0.29, 0.717) is 42.9 Å². The number of carbonyl (C=O) groups excluding carboxylic acids is 3. The van der Waals surface area contributed by atoms with Crippen molar-refractivity contribution >= 4 is 35.1 Å². The number of halogens is 1. The first-order chi connectivity index (χ1) is 18.3. The standard InChI is InChI=1S/C29H37ClN2O6/c1-4-16-31(21-13-9-8-12-20(21)30)26(35)24-29-15-14-28(3,38-29)23(27(36)37-19-5-2)22(29)25(34)32(24)17-10-6-7-11-18-33/h4-5,8-9,12-13,22-24,33H,1-2,6-7,10-11,14-19H2,3H3/t22-,23+,24?,28-,29?/m0/s1. The van der Waals surface area contributed by atoms with Crippen molar-refractivity contribution in [2.75, 3.05) is 31.2 Å². The molecule has 3 fully saturated rings. The van der Waals surface area contributed by atoms with E-state index in [-0.39, 0.29) is 31.6 Å². The van der Waals surface area contributed by atoms with Crippen LogP contribution in [0.3, 0.4) is 0 Å². The third-order valence-electron chi connectivity index (χ3n) is 8.14. The summed E-state index contributed by atoms with van der Waals surface area (Å²) in [5.41, 5.74) is -1.53. The minimum absolute atomic E-state index is 0.0376. The molecule has 2 amide bonds. The van der Waals surface area contributed by atoms with Crippen LogP contribution in [0.25, 0.3) is 0 Å². The summed E-state index contributed by atoms with van der Waals surface area (Å²) in [4.78, 5) is 44.9. The fraction of sp³-hybridized carbons (Fsp3) is 0.552. The highest BCUT2D eigenvalue weighted by molar-refractivity contribution is 6.34. The number of ether oxygens (including phenoxy) is 2. The quantitative estimate of drug-likeness (QED) is 0.230. The summed E-state index contributed by atoms with van der Waals surface area (Å²) >= 11 is 6.50. The van der Waals surface area contributed by atoms with Crippen LogP contribution in [0.2, 0.25) is 5.02 Å². The fourth-order valence-electron chi connectivity index (χ4n) is 6.54. The molecule has 0 radical (unpaired) electrons. The van der Waals surface area contributed by atoms with E-state index in [2.05, 4.69) is 13.2 Å².